The number of morpholine rings is 1. The molecule has 11 heteroatoms. The van der Waals surface area contributed by atoms with Crippen LogP contribution >= 0.6 is 0 Å². The highest BCUT2D eigenvalue weighted by Crippen LogP contribution is 2.32. The van der Waals surface area contributed by atoms with Gasteiger partial charge in [-0.1, -0.05) is 50.2 Å². The van der Waals surface area contributed by atoms with Gasteiger partial charge in [-0.3, -0.25) is 19.5 Å². The smallest absolute Gasteiger partial charge is 0.292 e. The Balaban J connectivity index is 1.18. The van der Waals surface area contributed by atoms with Crippen molar-refractivity contribution in [3.63, 3.8) is 0 Å². The number of benzene rings is 1. The maximum atomic E-state index is 12.8. The fraction of sp³-hybridized carbons (Fsp3) is 0.469. The molecule has 2 aromatic heterocycles. The van der Waals surface area contributed by atoms with Crippen molar-refractivity contribution in [2.75, 3.05) is 63.9 Å². The van der Waals surface area contributed by atoms with Gasteiger partial charge in [0, 0.05) is 75.6 Å². The Morgan fingerprint density at radius 1 is 1.05 bits per heavy atom. The van der Waals surface area contributed by atoms with Gasteiger partial charge in [0.1, 0.15) is 0 Å². The number of carbonyl (C=O) groups is 2. The van der Waals surface area contributed by atoms with E-state index in [1.165, 1.54) is 0 Å². The molecule has 5 rings (SSSR count). The number of carbonyl (C=O) groups excluding carboxylic acids is 2. The molecule has 2 amide bonds. The summed E-state index contributed by atoms with van der Waals surface area (Å²) in [5.41, 5.74) is 4.94. The number of nitrogens with zero attached hydrogens (tertiary/aromatic N) is 6. The molecule has 3 aromatic rings. The molecule has 4 heterocycles. The molecule has 2 aliphatic rings. The number of anilines is 1. The van der Waals surface area contributed by atoms with Crippen LogP contribution in [0, 0.1) is 6.92 Å². The molecule has 2 aliphatic heterocycles. The number of hydrogen-bond acceptors (Lipinski definition) is 9. The fourth-order valence-corrected chi connectivity index (χ4v) is 5.18. The molecule has 0 bridgehead atoms. The van der Waals surface area contributed by atoms with Crippen LogP contribution in [-0.2, 0) is 21.5 Å². The summed E-state index contributed by atoms with van der Waals surface area (Å²) in [5.74, 6) is 0.151. The van der Waals surface area contributed by atoms with Crippen molar-refractivity contribution in [3.05, 3.63) is 71.7 Å². The van der Waals surface area contributed by atoms with Gasteiger partial charge < -0.3 is 24.4 Å². The standard InChI is InChI=1S/C32H41N7O4/c1-23-20-24(7-8-25(23)21-34-30(41)29-35-31(43-36-29)32(2,3)4)26-9-10-33-22-27(26)38-12-14-39(15-13-38)28(40)6-5-11-37-16-18-42-19-17-37/h5-10,20,22H,11-19,21H2,1-4H3,(H,34,41). The highest BCUT2D eigenvalue weighted by molar-refractivity contribution is 5.90. The molecule has 2 fully saturated rings. The summed E-state index contributed by atoms with van der Waals surface area (Å²) in [6.45, 7) is 15.1. The fourth-order valence-electron chi connectivity index (χ4n) is 5.18. The third-order valence-electron chi connectivity index (χ3n) is 7.82. The molecular formula is C32H41N7O4. The van der Waals surface area contributed by atoms with E-state index in [2.05, 4.69) is 42.4 Å². The normalized spacial score (nSPS) is 16.6. The Labute approximate surface area is 252 Å². The first-order valence-electron chi connectivity index (χ1n) is 14.9. The van der Waals surface area contributed by atoms with Crippen molar-refractivity contribution in [1.82, 2.24) is 30.2 Å². The SMILES string of the molecule is Cc1cc(-c2ccncc2N2CCN(C(=O)C=CCN3CCOCC3)CC2)ccc1CNC(=O)c1noc(C(C)(C)C)n1. The van der Waals surface area contributed by atoms with E-state index in [1.54, 1.807) is 12.3 Å². The average molecular weight is 588 g/mol. The summed E-state index contributed by atoms with van der Waals surface area (Å²) in [7, 11) is 0. The quantitative estimate of drug-likeness (QED) is 0.397. The van der Waals surface area contributed by atoms with Gasteiger partial charge in [-0.15, -0.1) is 0 Å². The molecule has 0 spiro atoms. The first-order valence-corrected chi connectivity index (χ1v) is 14.9. The Morgan fingerprint density at radius 2 is 1.81 bits per heavy atom. The van der Waals surface area contributed by atoms with Gasteiger partial charge >= 0.3 is 0 Å². The van der Waals surface area contributed by atoms with Gasteiger partial charge in [0.15, 0.2) is 0 Å². The van der Waals surface area contributed by atoms with Crippen LogP contribution < -0.4 is 10.2 Å². The summed E-state index contributed by atoms with van der Waals surface area (Å²) in [5, 5.41) is 6.73. The Kier molecular flexibility index (Phi) is 9.52. The zero-order valence-corrected chi connectivity index (χ0v) is 25.5. The zero-order valence-electron chi connectivity index (χ0n) is 25.5. The number of pyridine rings is 1. The Hall–Kier alpha value is -4.09. The summed E-state index contributed by atoms with van der Waals surface area (Å²) in [6, 6.07) is 8.26. The molecule has 0 atom stereocenters. The van der Waals surface area contributed by atoms with Crippen molar-refractivity contribution in [2.45, 2.75) is 39.7 Å². The van der Waals surface area contributed by atoms with E-state index < -0.39 is 0 Å². The Morgan fingerprint density at radius 3 is 2.51 bits per heavy atom. The van der Waals surface area contributed by atoms with Crippen LogP contribution in [0.1, 0.15) is 48.4 Å². The molecule has 1 N–H and O–H groups in total. The summed E-state index contributed by atoms with van der Waals surface area (Å²) >= 11 is 0. The summed E-state index contributed by atoms with van der Waals surface area (Å²) < 4.78 is 10.6. The van der Waals surface area contributed by atoms with Crippen molar-refractivity contribution in [3.8, 4) is 11.1 Å². The van der Waals surface area contributed by atoms with Crippen LogP contribution in [0.15, 0.2) is 53.3 Å². The second-order valence-corrected chi connectivity index (χ2v) is 12.0. The third-order valence-corrected chi connectivity index (χ3v) is 7.82. The monoisotopic (exact) mass is 587 g/mol. The predicted octanol–water partition coefficient (Wildman–Crippen LogP) is 3.20. The van der Waals surface area contributed by atoms with Crippen LogP contribution in [0.4, 0.5) is 5.69 Å². The second kappa shape index (κ2) is 13.5. The highest BCUT2D eigenvalue weighted by atomic mass is 16.5. The molecule has 2 saturated heterocycles. The molecule has 1 aromatic carbocycles. The van der Waals surface area contributed by atoms with Gasteiger partial charge in [0.25, 0.3) is 11.7 Å². The van der Waals surface area contributed by atoms with E-state index in [-0.39, 0.29) is 23.1 Å². The Bertz CT molecular complexity index is 1450. The topological polar surface area (TPSA) is 117 Å². The van der Waals surface area contributed by atoms with E-state index in [4.69, 9.17) is 9.26 Å². The largest absolute Gasteiger partial charge is 0.379 e. The minimum atomic E-state index is -0.371. The first-order chi connectivity index (χ1) is 20.7. The number of ether oxygens (including phenoxy) is 1. The van der Waals surface area contributed by atoms with Crippen molar-refractivity contribution in [2.24, 2.45) is 0 Å². The van der Waals surface area contributed by atoms with Crippen LogP contribution in [0.25, 0.3) is 11.1 Å². The lowest BCUT2D eigenvalue weighted by molar-refractivity contribution is -0.126. The number of aryl methyl sites for hydroxylation is 1. The molecule has 228 valence electrons. The zero-order chi connectivity index (χ0) is 30.4. The second-order valence-electron chi connectivity index (χ2n) is 12.0. The number of piperazine rings is 1. The van der Waals surface area contributed by atoms with Crippen molar-refractivity contribution >= 4 is 17.5 Å². The van der Waals surface area contributed by atoms with Gasteiger partial charge in [-0.2, -0.15) is 4.98 Å². The number of rotatable bonds is 8. The van der Waals surface area contributed by atoms with Crippen LogP contribution in [0.5, 0.6) is 0 Å². The van der Waals surface area contributed by atoms with Crippen molar-refractivity contribution < 1.29 is 18.8 Å². The van der Waals surface area contributed by atoms with Crippen LogP contribution in [0.2, 0.25) is 0 Å². The van der Waals surface area contributed by atoms with Crippen LogP contribution in [-0.4, -0.2) is 95.8 Å². The molecule has 0 aliphatic carbocycles. The molecule has 0 saturated carbocycles. The average Bonchev–Trinajstić information content (AvgIpc) is 3.53. The van der Waals surface area contributed by atoms with Gasteiger partial charge in [0.05, 0.1) is 25.1 Å². The van der Waals surface area contributed by atoms with E-state index in [9.17, 15) is 9.59 Å². The predicted molar refractivity (Wildman–Crippen MR) is 164 cm³/mol. The molecule has 43 heavy (non-hydrogen) atoms. The minimum absolute atomic E-state index is 0.0337. The van der Waals surface area contributed by atoms with Crippen molar-refractivity contribution in [1.29, 1.82) is 0 Å². The molecular weight excluding hydrogens is 546 g/mol. The van der Waals surface area contributed by atoms with E-state index in [0.717, 1.165) is 73.9 Å². The van der Waals surface area contributed by atoms with E-state index in [0.29, 0.717) is 25.5 Å². The first kappa shape index (κ1) is 30.4. The summed E-state index contributed by atoms with van der Waals surface area (Å²) in [6.07, 6.45) is 7.37. The number of nitrogens with one attached hydrogen (secondary N) is 1. The minimum Gasteiger partial charge on any atom is -0.379 e. The van der Waals surface area contributed by atoms with Gasteiger partial charge in [-0.05, 0) is 29.7 Å². The van der Waals surface area contributed by atoms with Crippen LogP contribution in [0.3, 0.4) is 0 Å². The third kappa shape index (κ3) is 7.66. The lowest BCUT2D eigenvalue weighted by Crippen LogP contribution is -2.48. The maximum absolute atomic E-state index is 12.8. The number of hydrogen-bond donors (Lipinski definition) is 1. The molecule has 0 radical (unpaired) electrons. The summed E-state index contributed by atoms with van der Waals surface area (Å²) in [4.78, 5) is 40.5. The molecule has 0 unspecified atom stereocenters. The lowest BCUT2D eigenvalue weighted by Gasteiger charge is -2.36. The van der Waals surface area contributed by atoms with Gasteiger partial charge in [0.2, 0.25) is 11.8 Å². The molecule has 11 nitrogen and oxygen atoms in total. The van der Waals surface area contributed by atoms with Gasteiger partial charge in [-0.25, -0.2) is 0 Å². The maximum Gasteiger partial charge on any atom is 0.292 e. The van der Waals surface area contributed by atoms with E-state index >= 15 is 0 Å². The number of amides is 2. The van der Waals surface area contributed by atoms with E-state index in [1.807, 2.05) is 57.0 Å². The highest BCUT2D eigenvalue weighted by Gasteiger charge is 2.25. The number of aromatic nitrogens is 3. The lowest BCUT2D eigenvalue weighted by atomic mass is 9.97.